The summed E-state index contributed by atoms with van der Waals surface area (Å²) in [5, 5.41) is 0. The summed E-state index contributed by atoms with van der Waals surface area (Å²) in [4.78, 5) is 23.9. The zero-order valence-electron chi connectivity index (χ0n) is 16.2. The minimum atomic E-state index is -0.289. The van der Waals surface area contributed by atoms with Gasteiger partial charge in [0.25, 0.3) is 5.91 Å². The van der Waals surface area contributed by atoms with E-state index < -0.39 is 0 Å². The molecule has 0 N–H and O–H groups in total. The number of methoxy groups -OCH3 is 1. The van der Waals surface area contributed by atoms with Crippen molar-refractivity contribution in [2.24, 2.45) is 0 Å². The molecule has 1 saturated heterocycles. The molecule has 1 atom stereocenters. The number of rotatable bonds is 4. The smallest absolute Gasteiger partial charge is 0.257 e. The first-order chi connectivity index (χ1) is 14.2. The van der Waals surface area contributed by atoms with Gasteiger partial charge >= 0.3 is 0 Å². The van der Waals surface area contributed by atoms with Gasteiger partial charge in [0.2, 0.25) is 0 Å². The van der Waals surface area contributed by atoms with Crippen LogP contribution < -0.4 is 4.74 Å². The molecule has 1 aliphatic rings. The van der Waals surface area contributed by atoms with Gasteiger partial charge in [-0.05, 0) is 55.3 Å². The van der Waals surface area contributed by atoms with Crippen LogP contribution in [0.15, 0.2) is 60.8 Å². The fourth-order valence-corrected chi connectivity index (χ4v) is 3.73. The summed E-state index contributed by atoms with van der Waals surface area (Å²) in [7, 11) is 1.57. The minimum Gasteiger partial charge on any atom is -0.496 e. The van der Waals surface area contributed by atoms with E-state index in [9.17, 15) is 9.18 Å². The average molecular weight is 391 g/mol. The van der Waals surface area contributed by atoms with Gasteiger partial charge in [-0.1, -0.05) is 12.1 Å². The predicted molar refractivity (Wildman–Crippen MR) is 108 cm³/mol. The summed E-state index contributed by atoms with van der Waals surface area (Å²) in [6.07, 6.45) is 3.58. The van der Waals surface area contributed by atoms with E-state index in [1.807, 2.05) is 23.1 Å². The molecule has 148 valence electrons. The van der Waals surface area contributed by atoms with Crippen LogP contribution in [0.3, 0.4) is 0 Å². The molecule has 5 nitrogen and oxygen atoms in total. The molecule has 1 unspecified atom stereocenters. The Hall–Kier alpha value is -3.28. The van der Waals surface area contributed by atoms with Crippen LogP contribution in [0.1, 0.15) is 34.8 Å². The maximum absolute atomic E-state index is 13.2. The third-order valence-corrected chi connectivity index (χ3v) is 5.24. The van der Waals surface area contributed by atoms with Crippen LogP contribution in [0.5, 0.6) is 5.75 Å². The highest BCUT2D eigenvalue weighted by Gasteiger charge is 2.28. The summed E-state index contributed by atoms with van der Waals surface area (Å²) in [6.45, 7) is 1.31. The summed E-state index contributed by atoms with van der Waals surface area (Å²) >= 11 is 0. The number of hydrogen-bond donors (Lipinski definition) is 0. The number of para-hydroxylation sites is 1. The SMILES string of the molecule is COc1ccccc1C(=O)N1CCCC(c2ccnc(-c3ccc(F)cc3)n2)C1. The van der Waals surface area contributed by atoms with Crippen molar-refractivity contribution >= 4 is 5.91 Å². The number of aromatic nitrogens is 2. The van der Waals surface area contributed by atoms with E-state index in [2.05, 4.69) is 4.98 Å². The number of halogens is 1. The van der Waals surface area contributed by atoms with Gasteiger partial charge in [-0.2, -0.15) is 0 Å². The molecule has 1 amide bonds. The van der Waals surface area contributed by atoms with Crippen LogP contribution in [0.25, 0.3) is 11.4 Å². The van der Waals surface area contributed by atoms with Crippen LogP contribution in [0, 0.1) is 5.82 Å². The monoisotopic (exact) mass is 391 g/mol. The van der Waals surface area contributed by atoms with E-state index >= 15 is 0 Å². The number of carbonyl (C=O) groups is 1. The van der Waals surface area contributed by atoms with Crippen molar-refractivity contribution in [1.82, 2.24) is 14.9 Å². The Morgan fingerprint density at radius 2 is 1.93 bits per heavy atom. The van der Waals surface area contributed by atoms with Crippen LogP contribution in [-0.2, 0) is 0 Å². The van der Waals surface area contributed by atoms with E-state index in [-0.39, 0.29) is 17.6 Å². The predicted octanol–water partition coefficient (Wildman–Crippen LogP) is 4.31. The molecule has 2 heterocycles. The fraction of sp³-hybridized carbons (Fsp3) is 0.261. The lowest BCUT2D eigenvalue weighted by molar-refractivity contribution is 0.0702. The Balaban J connectivity index is 1.55. The van der Waals surface area contributed by atoms with Gasteiger partial charge in [0.15, 0.2) is 5.82 Å². The van der Waals surface area contributed by atoms with E-state index in [1.165, 1.54) is 12.1 Å². The number of ether oxygens (including phenoxy) is 1. The topological polar surface area (TPSA) is 55.3 Å². The molecule has 1 aromatic heterocycles. The molecule has 3 aromatic rings. The number of likely N-dealkylation sites (tertiary alicyclic amines) is 1. The standard InChI is InChI=1S/C23H22FN3O2/c1-29-21-7-3-2-6-19(21)23(28)27-14-4-5-17(15-27)20-12-13-25-22(26-20)16-8-10-18(24)11-9-16/h2-3,6-13,17H,4-5,14-15H2,1H3. The van der Waals surface area contributed by atoms with Gasteiger partial charge in [-0.15, -0.1) is 0 Å². The van der Waals surface area contributed by atoms with Gasteiger partial charge in [0.1, 0.15) is 11.6 Å². The molecule has 4 rings (SSSR count). The maximum Gasteiger partial charge on any atom is 0.257 e. The molecule has 1 aliphatic heterocycles. The molecule has 2 aromatic carbocycles. The van der Waals surface area contributed by atoms with Gasteiger partial charge in [-0.3, -0.25) is 4.79 Å². The Labute approximate surface area is 169 Å². The number of carbonyl (C=O) groups excluding carboxylic acids is 1. The summed E-state index contributed by atoms with van der Waals surface area (Å²) in [6, 6.07) is 15.3. The van der Waals surface area contributed by atoms with E-state index in [0.717, 1.165) is 24.1 Å². The van der Waals surface area contributed by atoms with Crippen molar-refractivity contribution in [1.29, 1.82) is 0 Å². The Bertz CT molecular complexity index is 1010. The minimum absolute atomic E-state index is 0.0278. The quantitative estimate of drug-likeness (QED) is 0.665. The normalized spacial score (nSPS) is 16.5. The van der Waals surface area contributed by atoms with Crippen molar-refractivity contribution in [3.8, 4) is 17.1 Å². The number of amides is 1. The molecular weight excluding hydrogens is 369 g/mol. The van der Waals surface area contributed by atoms with Crippen molar-refractivity contribution in [3.63, 3.8) is 0 Å². The molecule has 6 heteroatoms. The van der Waals surface area contributed by atoms with Crippen LogP contribution in [-0.4, -0.2) is 41.0 Å². The lowest BCUT2D eigenvalue weighted by atomic mass is 9.94. The first-order valence-corrected chi connectivity index (χ1v) is 9.67. The van der Waals surface area contributed by atoms with Gasteiger partial charge in [-0.25, -0.2) is 14.4 Å². The van der Waals surface area contributed by atoms with E-state index in [1.54, 1.807) is 37.6 Å². The zero-order valence-corrected chi connectivity index (χ0v) is 16.2. The van der Waals surface area contributed by atoms with Crippen LogP contribution in [0.4, 0.5) is 4.39 Å². The first kappa shape index (κ1) is 19.1. The number of piperidine rings is 1. The second-order valence-electron chi connectivity index (χ2n) is 7.10. The molecule has 1 fully saturated rings. The summed E-state index contributed by atoms with van der Waals surface area (Å²) < 4.78 is 18.5. The average Bonchev–Trinajstić information content (AvgIpc) is 2.79. The zero-order chi connectivity index (χ0) is 20.2. The lowest BCUT2D eigenvalue weighted by Crippen LogP contribution is -2.39. The molecule has 0 aliphatic carbocycles. The molecule has 0 spiro atoms. The molecule has 29 heavy (non-hydrogen) atoms. The largest absolute Gasteiger partial charge is 0.496 e. The van der Waals surface area contributed by atoms with Crippen molar-refractivity contribution < 1.29 is 13.9 Å². The highest BCUT2D eigenvalue weighted by Crippen LogP contribution is 2.29. The van der Waals surface area contributed by atoms with Crippen molar-refractivity contribution in [3.05, 3.63) is 77.9 Å². The first-order valence-electron chi connectivity index (χ1n) is 9.67. The second-order valence-corrected chi connectivity index (χ2v) is 7.10. The highest BCUT2D eigenvalue weighted by atomic mass is 19.1. The van der Waals surface area contributed by atoms with Crippen LogP contribution >= 0.6 is 0 Å². The molecule has 0 radical (unpaired) electrons. The Kier molecular flexibility index (Phi) is 5.51. The van der Waals surface area contributed by atoms with Gasteiger partial charge in [0, 0.05) is 36.5 Å². The number of hydrogen-bond acceptors (Lipinski definition) is 4. The third-order valence-electron chi connectivity index (χ3n) is 5.24. The molecule has 0 bridgehead atoms. The number of benzene rings is 2. The second kappa shape index (κ2) is 8.39. The Morgan fingerprint density at radius 3 is 2.72 bits per heavy atom. The van der Waals surface area contributed by atoms with E-state index in [4.69, 9.17) is 9.72 Å². The Morgan fingerprint density at radius 1 is 1.14 bits per heavy atom. The number of nitrogens with zero attached hydrogens (tertiary/aromatic N) is 3. The van der Waals surface area contributed by atoms with Gasteiger partial charge < -0.3 is 9.64 Å². The molecular formula is C23H22FN3O2. The maximum atomic E-state index is 13.2. The van der Waals surface area contributed by atoms with Crippen molar-refractivity contribution in [2.45, 2.75) is 18.8 Å². The lowest BCUT2D eigenvalue weighted by Gasteiger charge is -2.33. The van der Waals surface area contributed by atoms with Gasteiger partial charge in [0.05, 0.1) is 12.7 Å². The fourth-order valence-electron chi connectivity index (χ4n) is 3.73. The van der Waals surface area contributed by atoms with Crippen molar-refractivity contribution in [2.75, 3.05) is 20.2 Å². The summed E-state index contributed by atoms with van der Waals surface area (Å²) in [5.74, 6) is 0.961. The highest BCUT2D eigenvalue weighted by molar-refractivity contribution is 5.97. The molecule has 0 saturated carbocycles. The third kappa shape index (κ3) is 4.11. The summed E-state index contributed by atoms with van der Waals surface area (Å²) in [5.41, 5.74) is 2.24. The van der Waals surface area contributed by atoms with Crippen LogP contribution in [0.2, 0.25) is 0 Å². The van der Waals surface area contributed by atoms with E-state index in [0.29, 0.717) is 30.2 Å².